The van der Waals surface area contributed by atoms with Crippen LogP contribution in [0.15, 0.2) is 42.6 Å². The molecule has 0 radical (unpaired) electrons. The molecule has 0 aliphatic rings. The van der Waals surface area contributed by atoms with E-state index >= 15 is 0 Å². The number of fused-ring (bicyclic) bond motifs is 1. The minimum atomic E-state index is 0.0631. The highest BCUT2D eigenvalue weighted by molar-refractivity contribution is 5.72. The molecule has 22 heavy (non-hydrogen) atoms. The maximum atomic E-state index is 9.27. The summed E-state index contributed by atoms with van der Waals surface area (Å²) in [5, 5.41) is 9.27. The van der Waals surface area contributed by atoms with Gasteiger partial charge in [-0.25, -0.2) is 9.97 Å². The standard InChI is InChI=1S/C17H19N3O2/c1-13-11-15-17(18-12-13)20(8-9-21)16(19-15)7-10-22-14-5-3-2-4-6-14/h2-6,11-12,21H,7-10H2,1H3. The van der Waals surface area contributed by atoms with Crippen LogP contribution >= 0.6 is 0 Å². The molecule has 3 aromatic rings. The van der Waals surface area contributed by atoms with E-state index in [0.29, 0.717) is 19.6 Å². The van der Waals surface area contributed by atoms with Crippen LogP contribution in [0.5, 0.6) is 5.75 Å². The Bertz CT molecular complexity index is 753. The van der Waals surface area contributed by atoms with Crippen LogP contribution < -0.4 is 4.74 Å². The number of aliphatic hydroxyl groups excluding tert-OH is 1. The highest BCUT2D eigenvalue weighted by atomic mass is 16.5. The number of nitrogens with zero attached hydrogens (tertiary/aromatic N) is 3. The van der Waals surface area contributed by atoms with Crippen LogP contribution in [-0.4, -0.2) is 32.9 Å². The van der Waals surface area contributed by atoms with E-state index in [2.05, 4.69) is 9.97 Å². The molecule has 0 fully saturated rings. The Balaban J connectivity index is 1.78. The molecular weight excluding hydrogens is 278 g/mol. The highest BCUT2D eigenvalue weighted by Gasteiger charge is 2.11. The maximum absolute atomic E-state index is 9.27. The molecule has 5 nitrogen and oxygen atoms in total. The van der Waals surface area contributed by atoms with Gasteiger partial charge in [-0.2, -0.15) is 0 Å². The molecule has 1 aromatic carbocycles. The van der Waals surface area contributed by atoms with Gasteiger partial charge in [0, 0.05) is 19.2 Å². The predicted octanol–water partition coefficient (Wildman–Crippen LogP) is 2.35. The summed E-state index contributed by atoms with van der Waals surface area (Å²) in [5.41, 5.74) is 2.76. The summed E-state index contributed by atoms with van der Waals surface area (Å²) in [6.07, 6.45) is 2.49. The first-order valence-electron chi connectivity index (χ1n) is 7.38. The molecule has 0 saturated heterocycles. The molecule has 0 saturated carbocycles. The number of aryl methyl sites for hydroxylation is 1. The number of para-hydroxylation sites is 1. The summed E-state index contributed by atoms with van der Waals surface area (Å²) in [4.78, 5) is 9.07. The van der Waals surface area contributed by atoms with Crippen molar-refractivity contribution < 1.29 is 9.84 Å². The van der Waals surface area contributed by atoms with Crippen LogP contribution in [0.3, 0.4) is 0 Å². The summed E-state index contributed by atoms with van der Waals surface area (Å²) in [6, 6.07) is 11.7. The van der Waals surface area contributed by atoms with Crippen LogP contribution in [-0.2, 0) is 13.0 Å². The number of imidazole rings is 1. The first-order chi connectivity index (χ1) is 10.8. The Labute approximate surface area is 129 Å². The van der Waals surface area contributed by atoms with E-state index in [1.807, 2.05) is 54.1 Å². The summed E-state index contributed by atoms with van der Waals surface area (Å²) in [6.45, 7) is 3.09. The van der Waals surface area contributed by atoms with Gasteiger partial charge in [0.1, 0.15) is 17.1 Å². The monoisotopic (exact) mass is 297 g/mol. The third-order valence-corrected chi connectivity index (χ3v) is 3.46. The van der Waals surface area contributed by atoms with Gasteiger partial charge in [-0.15, -0.1) is 0 Å². The van der Waals surface area contributed by atoms with E-state index in [-0.39, 0.29) is 6.61 Å². The minimum absolute atomic E-state index is 0.0631. The Hall–Kier alpha value is -2.40. The highest BCUT2D eigenvalue weighted by Crippen LogP contribution is 2.16. The second-order valence-corrected chi connectivity index (χ2v) is 5.17. The fourth-order valence-electron chi connectivity index (χ4n) is 2.46. The first kappa shape index (κ1) is 14.5. The second-order valence-electron chi connectivity index (χ2n) is 5.17. The lowest BCUT2D eigenvalue weighted by Crippen LogP contribution is -2.11. The van der Waals surface area contributed by atoms with Crippen LogP contribution in [0.1, 0.15) is 11.4 Å². The molecule has 1 N–H and O–H groups in total. The molecule has 0 spiro atoms. The summed E-state index contributed by atoms with van der Waals surface area (Å²) in [5.74, 6) is 1.74. The van der Waals surface area contributed by atoms with Crippen molar-refractivity contribution in [3.8, 4) is 5.75 Å². The Kier molecular flexibility index (Phi) is 4.34. The molecule has 2 aromatic heterocycles. The van der Waals surface area contributed by atoms with Crippen LogP contribution in [0.25, 0.3) is 11.2 Å². The number of ether oxygens (including phenoxy) is 1. The van der Waals surface area contributed by atoms with Crippen molar-refractivity contribution in [1.29, 1.82) is 0 Å². The molecule has 0 amide bonds. The molecule has 0 unspecified atom stereocenters. The number of rotatable bonds is 6. The Morgan fingerprint density at radius 2 is 2.05 bits per heavy atom. The quantitative estimate of drug-likeness (QED) is 0.758. The van der Waals surface area contributed by atoms with E-state index < -0.39 is 0 Å². The SMILES string of the molecule is Cc1cnc2c(c1)nc(CCOc1ccccc1)n2CCO. The number of hydrogen-bond donors (Lipinski definition) is 1. The fraction of sp³-hybridized carbons (Fsp3) is 0.294. The van der Waals surface area contributed by atoms with Gasteiger partial charge in [0.2, 0.25) is 0 Å². The smallest absolute Gasteiger partial charge is 0.160 e. The lowest BCUT2D eigenvalue weighted by molar-refractivity contribution is 0.272. The average Bonchev–Trinajstić information content (AvgIpc) is 2.86. The van der Waals surface area contributed by atoms with Crippen molar-refractivity contribution >= 4 is 11.2 Å². The number of pyridine rings is 1. The van der Waals surface area contributed by atoms with Gasteiger partial charge in [-0.1, -0.05) is 18.2 Å². The van der Waals surface area contributed by atoms with Gasteiger partial charge in [0.25, 0.3) is 0 Å². The lowest BCUT2D eigenvalue weighted by atomic mass is 10.3. The van der Waals surface area contributed by atoms with Gasteiger partial charge < -0.3 is 14.4 Å². The third kappa shape index (κ3) is 3.09. The zero-order valence-electron chi connectivity index (χ0n) is 12.6. The largest absolute Gasteiger partial charge is 0.493 e. The summed E-state index contributed by atoms with van der Waals surface area (Å²) < 4.78 is 7.69. The zero-order chi connectivity index (χ0) is 15.4. The second kappa shape index (κ2) is 6.58. The minimum Gasteiger partial charge on any atom is -0.493 e. The number of benzene rings is 1. The van der Waals surface area contributed by atoms with Crippen molar-refractivity contribution in [2.75, 3.05) is 13.2 Å². The average molecular weight is 297 g/mol. The number of aliphatic hydroxyl groups is 1. The Morgan fingerprint density at radius 3 is 2.82 bits per heavy atom. The number of aromatic nitrogens is 3. The molecular formula is C17H19N3O2. The summed E-state index contributed by atoms with van der Waals surface area (Å²) in [7, 11) is 0. The zero-order valence-corrected chi connectivity index (χ0v) is 12.6. The van der Waals surface area contributed by atoms with Crippen molar-refractivity contribution in [2.45, 2.75) is 19.9 Å². The van der Waals surface area contributed by atoms with E-state index in [1.165, 1.54) is 0 Å². The van der Waals surface area contributed by atoms with Crippen molar-refractivity contribution in [3.05, 3.63) is 54.0 Å². The van der Waals surface area contributed by atoms with Gasteiger partial charge in [0.15, 0.2) is 5.65 Å². The van der Waals surface area contributed by atoms with Crippen molar-refractivity contribution in [1.82, 2.24) is 14.5 Å². The van der Waals surface area contributed by atoms with Crippen LogP contribution in [0.4, 0.5) is 0 Å². The molecule has 5 heteroatoms. The number of hydrogen-bond acceptors (Lipinski definition) is 4. The van der Waals surface area contributed by atoms with E-state index in [1.54, 1.807) is 0 Å². The summed E-state index contributed by atoms with van der Waals surface area (Å²) >= 11 is 0. The molecule has 0 aliphatic heterocycles. The van der Waals surface area contributed by atoms with E-state index in [0.717, 1.165) is 28.3 Å². The van der Waals surface area contributed by atoms with E-state index in [9.17, 15) is 5.11 Å². The topological polar surface area (TPSA) is 60.2 Å². The maximum Gasteiger partial charge on any atom is 0.160 e. The predicted molar refractivity (Wildman–Crippen MR) is 85.0 cm³/mol. The van der Waals surface area contributed by atoms with Crippen LogP contribution in [0.2, 0.25) is 0 Å². The van der Waals surface area contributed by atoms with Gasteiger partial charge in [0.05, 0.1) is 13.2 Å². The third-order valence-electron chi connectivity index (χ3n) is 3.46. The van der Waals surface area contributed by atoms with Gasteiger partial charge >= 0.3 is 0 Å². The Morgan fingerprint density at radius 1 is 1.23 bits per heavy atom. The molecule has 3 rings (SSSR count). The first-order valence-corrected chi connectivity index (χ1v) is 7.38. The van der Waals surface area contributed by atoms with Crippen molar-refractivity contribution in [2.24, 2.45) is 0 Å². The van der Waals surface area contributed by atoms with Gasteiger partial charge in [-0.3, -0.25) is 0 Å². The molecule has 2 heterocycles. The molecule has 0 aliphatic carbocycles. The van der Waals surface area contributed by atoms with Crippen molar-refractivity contribution in [3.63, 3.8) is 0 Å². The fourth-order valence-corrected chi connectivity index (χ4v) is 2.46. The van der Waals surface area contributed by atoms with Crippen LogP contribution in [0, 0.1) is 6.92 Å². The van der Waals surface area contributed by atoms with E-state index in [4.69, 9.17) is 4.74 Å². The van der Waals surface area contributed by atoms with Gasteiger partial charge in [-0.05, 0) is 30.7 Å². The normalized spacial score (nSPS) is 11.0. The molecule has 0 atom stereocenters. The lowest BCUT2D eigenvalue weighted by Gasteiger charge is -2.08. The molecule has 114 valence electrons. The molecule has 0 bridgehead atoms.